The van der Waals surface area contributed by atoms with Gasteiger partial charge in [0.25, 0.3) is 0 Å². The van der Waals surface area contributed by atoms with Gasteiger partial charge in [-0.25, -0.2) is 0 Å². The third kappa shape index (κ3) is 8.89. The van der Waals surface area contributed by atoms with Crippen LogP contribution in [0.5, 0.6) is 0 Å². The van der Waals surface area contributed by atoms with Crippen LogP contribution in [0.3, 0.4) is 0 Å². The number of carbonyl (C=O) groups is 2. The van der Waals surface area contributed by atoms with E-state index in [0.717, 1.165) is 52.6 Å². The smallest absolute Gasteiger partial charge is 0.243 e. The minimum absolute atomic E-state index is 0.0492. The van der Waals surface area contributed by atoms with Gasteiger partial charge in [-0.15, -0.1) is 11.8 Å². The highest BCUT2D eigenvalue weighted by atomic mass is 79.9. The first-order valence-electron chi connectivity index (χ1n) is 13.2. The third-order valence-corrected chi connectivity index (χ3v) is 8.62. The van der Waals surface area contributed by atoms with E-state index < -0.39 is 6.04 Å². The number of hydrogen-bond donors (Lipinski definition) is 1. The van der Waals surface area contributed by atoms with Crippen molar-refractivity contribution in [3.63, 3.8) is 0 Å². The average molecular weight is 614 g/mol. The fraction of sp³-hybridized carbons (Fsp3) is 0.355. The molecule has 0 spiro atoms. The highest BCUT2D eigenvalue weighted by Crippen LogP contribution is 2.22. The summed E-state index contributed by atoms with van der Waals surface area (Å²) in [6, 6.07) is 25.2. The first kappa shape index (κ1) is 28.7. The van der Waals surface area contributed by atoms with E-state index in [1.165, 1.54) is 6.42 Å². The number of nitrogens with one attached hydrogen (secondary N) is 1. The van der Waals surface area contributed by atoms with Crippen LogP contribution < -0.4 is 5.32 Å². The molecule has 0 heterocycles. The number of halogens is 2. The zero-order valence-electron chi connectivity index (χ0n) is 21.5. The molecule has 0 unspecified atom stereocenters. The molecule has 4 nitrogen and oxygen atoms in total. The molecular formula is C31H34BrClN2O2S. The van der Waals surface area contributed by atoms with E-state index in [1.54, 1.807) is 16.7 Å². The zero-order chi connectivity index (χ0) is 26.7. The Balaban J connectivity index is 1.56. The zero-order valence-corrected chi connectivity index (χ0v) is 24.6. The molecule has 1 aliphatic carbocycles. The number of nitrogens with zero attached hydrogens (tertiary/aromatic N) is 1. The quantitative estimate of drug-likeness (QED) is 0.245. The Labute approximate surface area is 243 Å². The lowest BCUT2D eigenvalue weighted by Crippen LogP contribution is -2.53. The van der Waals surface area contributed by atoms with E-state index in [0.29, 0.717) is 23.7 Å². The van der Waals surface area contributed by atoms with Crippen LogP contribution in [0.2, 0.25) is 5.02 Å². The van der Waals surface area contributed by atoms with Gasteiger partial charge >= 0.3 is 0 Å². The summed E-state index contributed by atoms with van der Waals surface area (Å²) in [6.45, 7) is 0.327. The van der Waals surface area contributed by atoms with Crippen LogP contribution in [0.25, 0.3) is 0 Å². The van der Waals surface area contributed by atoms with Gasteiger partial charge < -0.3 is 10.2 Å². The van der Waals surface area contributed by atoms with Gasteiger partial charge in [0.05, 0.1) is 5.75 Å². The van der Waals surface area contributed by atoms with Crippen molar-refractivity contribution in [3.8, 4) is 0 Å². The van der Waals surface area contributed by atoms with Crippen molar-refractivity contribution in [1.82, 2.24) is 10.2 Å². The van der Waals surface area contributed by atoms with E-state index in [1.807, 2.05) is 66.7 Å². The van der Waals surface area contributed by atoms with Gasteiger partial charge in [0.15, 0.2) is 0 Å². The highest BCUT2D eigenvalue weighted by Gasteiger charge is 2.31. The van der Waals surface area contributed by atoms with Gasteiger partial charge in [0, 0.05) is 34.3 Å². The summed E-state index contributed by atoms with van der Waals surface area (Å²) >= 11 is 11.3. The number of thioether (sulfide) groups is 1. The van der Waals surface area contributed by atoms with Gasteiger partial charge in [-0.2, -0.15) is 0 Å². The number of amides is 2. The summed E-state index contributed by atoms with van der Waals surface area (Å²) in [4.78, 5) is 29.3. The lowest BCUT2D eigenvalue weighted by molar-refractivity contribution is -0.139. The van der Waals surface area contributed by atoms with Crippen LogP contribution in [-0.2, 0) is 28.3 Å². The topological polar surface area (TPSA) is 49.4 Å². The second-order valence-corrected chi connectivity index (χ2v) is 12.2. The number of rotatable bonds is 11. The molecule has 1 aliphatic rings. The summed E-state index contributed by atoms with van der Waals surface area (Å²) in [5.41, 5.74) is 3.10. The van der Waals surface area contributed by atoms with Crippen molar-refractivity contribution < 1.29 is 9.59 Å². The molecule has 0 saturated heterocycles. The van der Waals surface area contributed by atoms with Crippen LogP contribution in [0, 0.1) is 0 Å². The predicted molar refractivity (Wildman–Crippen MR) is 161 cm³/mol. The second-order valence-electron chi connectivity index (χ2n) is 9.82. The van der Waals surface area contributed by atoms with Crippen molar-refractivity contribution in [2.75, 3.05) is 5.75 Å². The molecule has 1 N–H and O–H groups in total. The molecule has 7 heteroatoms. The Hall–Kier alpha value is -2.28. The molecule has 2 amide bonds. The van der Waals surface area contributed by atoms with Gasteiger partial charge in [-0.05, 0) is 53.8 Å². The van der Waals surface area contributed by atoms with Crippen LogP contribution >= 0.6 is 39.3 Å². The van der Waals surface area contributed by atoms with Gasteiger partial charge in [-0.1, -0.05) is 101 Å². The first-order chi connectivity index (χ1) is 18.5. The molecule has 200 valence electrons. The summed E-state index contributed by atoms with van der Waals surface area (Å²) < 4.78 is 1.03. The number of benzene rings is 3. The highest BCUT2D eigenvalue weighted by molar-refractivity contribution is 9.10. The molecule has 3 aromatic carbocycles. The SMILES string of the molecule is O=C(NC1CCCCC1)[C@@H](Cc1ccccc1)N(Cc1cccc(Cl)c1)C(=O)CSCc1ccc(Br)cc1. The minimum atomic E-state index is -0.612. The predicted octanol–water partition coefficient (Wildman–Crippen LogP) is 7.42. The van der Waals surface area contributed by atoms with Gasteiger partial charge in [0.1, 0.15) is 6.04 Å². The van der Waals surface area contributed by atoms with Crippen molar-refractivity contribution >= 4 is 51.1 Å². The largest absolute Gasteiger partial charge is 0.352 e. The summed E-state index contributed by atoms with van der Waals surface area (Å²) in [5, 5.41) is 3.91. The Morgan fingerprint density at radius 2 is 1.63 bits per heavy atom. The molecular weight excluding hydrogens is 580 g/mol. The Kier molecular flexibility index (Phi) is 11.2. The number of carbonyl (C=O) groups excluding carboxylic acids is 2. The molecule has 0 radical (unpaired) electrons. The van der Waals surface area contributed by atoms with Crippen LogP contribution in [0.15, 0.2) is 83.3 Å². The van der Waals surface area contributed by atoms with Gasteiger partial charge in [-0.3, -0.25) is 9.59 Å². The molecule has 0 bridgehead atoms. The fourth-order valence-corrected chi connectivity index (χ4v) is 6.20. The van der Waals surface area contributed by atoms with E-state index in [4.69, 9.17) is 11.6 Å². The fourth-order valence-electron chi connectivity index (χ4n) is 4.85. The lowest BCUT2D eigenvalue weighted by atomic mass is 9.94. The lowest BCUT2D eigenvalue weighted by Gasteiger charge is -2.33. The molecule has 3 aromatic rings. The Morgan fingerprint density at radius 3 is 2.34 bits per heavy atom. The Bertz CT molecular complexity index is 1190. The van der Waals surface area contributed by atoms with Crippen molar-refractivity contribution in [3.05, 3.63) is 105 Å². The molecule has 4 rings (SSSR count). The molecule has 1 saturated carbocycles. The molecule has 38 heavy (non-hydrogen) atoms. The van der Waals surface area contributed by atoms with E-state index >= 15 is 0 Å². The molecule has 1 fully saturated rings. The second kappa shape index (κ2) is 14.8. The monoisotopic (exact) mass is 612 g/mol. The maximum Gasteiger partial charge on any atom is 0.243 e. The van der Waals surface area contributed by atoms with Crippen molar-refractivity contribution in [2.45, 2.75) is 62.9 Å². The Morgan fingerprint density at radius 1 is 0.921 bits per heavy atom. The summed E-state index contributed by atoms with van der Waals surface area (Å²) in [5.74, 6) is 0.890. The van der Waals surface area contributed by atoms with E-state index in [-0.39, 0.29) is 17.9 Å². The number of hydrogen-bond acceptors (Lipinski definition) is 3. The van der Waals surface area contributed by atoms with Crippen LogP contribution in [0.1, 0.15) is 48.8 Å². The average Bonchev–Trinajstić information content (AvgIpc) is 2.93. The molecule has 1 atom stereocenters. The maximum atomic E-state index is 13.8. The van der Waals surface area contributed by atoms with Crippen LogP contribution in [-0.4, -0.2) is 34.6 Å². The van der Waals surface area contributed by atoms with Crippen LogP contribution in [0.4, 0.5) is 0 Å². The minimum Gasteiger partial charge on any atom is -0.352 e. The summed E-state index contributed by atoms with van der Waals surface area (Å²) in [6.07, 6.45) is 5.93. The third-order valence-electron chi connectivity index (χ3n) is 6.87. The standard InChI is InChI=1S/C31H34BrClN2O2S/c32-26-16-14-24(15-17-26)21-38-22-30(36)35(20-25-10-7-11-27(33)18-25)29(19-23-8-3-1-4-9-23)31(37)34-28-12-5-2-6-13-28/h1,3-4,7-11,14-18,28-29H,2,5-6,12-13,19-22H2,(H,34,37)/t29-/m1/s1. The van der Waals surface area contributed by atoms with Gasteiger partial charge in [0.2, 0.25) is 11.8 Å². The normalized spacial score (nSPS) is 14.6. The first-order valence-corrected chi connectivity index (χ1v) is 15.5. The molecule has 0 aliphatic heterocycles. The van der Waals surface area contributed by atoms with E-state index in [9.17, 15) is 9.59 Å². The summed E-state index contributed by atoms with van der Waals surface area (Å²) in [7, 11) is 0. The maximum absolute atomic E-state index is 13.8. The molecule has 0 aromatic heterocycles. The van der Waals surface area contributed by atoms with Crippen molar-refractivity contribution in [1.29, 1.82) is 0 Å². The van der Waals surface area contributed by atoms with Crippen molar-refractivity contribution in [2.24, 2.45) is 0 Å². The van der Waals surface area contributed by atoms with E-state index in [2.05, 4.69) is 33.4 Å².